The fraction of sp³-hybridized carbons (Fsp3) is 0.0800. The quantitative estimate of drug-likeness (QED) is 0.534. The normalized spacial score (nSPS) is 14.1. The van der Waals surface area contributed by atoms with E-state index in [-0.39, 0.29) is 11.5 Å². The lowest BCUT2D eigenvalue weighted by molar-refractivity contribution is 0.101. The number of hydrogen-bond donors (Lipinski definition) is 0. The molecule has 0 unspecified atom stereocenters. The Bertz CT molecular complexity index is 1080. The van der Waals surface area contributed by atoms with E-state index >= 15 is 0 Å². The highest BCUT2D eigenvalue weighted by molar-refractivity contribution is 6.14. The number of fused-ring (bicyclic) bond motifs is 1. The second kappa shape index (κ2) is 8.48. The van der Waals surface area contributed by atoms with Crippen LogP contribution >= 0.6 is 0 Å². The predicted molar refractivity (Wildman–Crippen MR) is 113 cm³/mol. The molecule has 144 valence electrons. The summed E-state index contributed by atoms with van der Waals surface area (Å²) in [7, 11) is 1.61. The lowest BCUT2D eigenvalue weighted by atomic mass is 10.1. The summed E-state index contributed by atoms with van der Waals surface area (Å²) in [4.78, 5) is 12.6. The summed E-state index contributed by atoms with van der Waals surface area (Å²) in [5.41, 5.74) is 2.49. The molecule has 0 fully saturated rings. The number of methoxy groups -OCH3 is 1. The molecule has 0 aliphatic carbocycles. The molecule has 0 N–H and O–H groups in total. The minimum absolute atomic E-state index is 0.140. The molecular weight excluding hydrogens is 364 g/mol. The number of ether oxygens (including phenoxy) is 3. The lowest BCUT2D eigenvalue weighted by Crippen LogP contribution is -1.98. The van der Waals surface area contributed by atoms with Crippen LogP contribution in [-0.2, 0) is 0 Å². The standard InChI is InChI=1S/C25H20O4/c1-27-20-11-5-9-19(15-20)16-24-25(26)22-13-12-21(17-23(22)29-24)28-14-6-10-18-7-3-2-4-8-18/h2-13,15-17H,14H2,1H3/b10-6+,24-16-. The summed E-state index contributed by atoms with van der Waals surface area (Å²) >= 11 is 0. The summed E-state index contributed by atoms with van der Waals surface area (Å²) in [5, 5.41) is 0. The summed E-state index contributed by atoms with van der Waals surface area (Å²) in [6, 6.07) is 22.7. The zero-order valence-corrected chi connectivity index (χ0v) is 16.0. The second-order valence-corrected chi connectivity index (χ2v) is 6.50. The maximum Gasteiger partial charge on any atom is 0.231 e. The monoisotopic (exact) mass is 384 g/mol. The van der Waals surface area contributed by atoms with E-state index in [9.17, 15) is 4.79 Å². The van der Waals surface area contributed by atoms with Crippen LogP contribution in [0.5, 0.6) is 17.2 Å². The van der Waals surface area contributed by atoms with Gasteiger partial charge in [-0.05, 0) is 47.5 Å². The topological polar surface area (TPSA) is 44.8 Å². The van der Waals surface area contributed by atoms with Crippen LogP contribution in [0.1, 0.15) is 21.5 Å². The van der Waals surface area contributed by atoms with Gasteiger partial charge < -0.3 is 14.2 Å². The van der Waals surface area contributed by atoms with Crippen LogP contribution in [0, 0.1) is 0 Å². The molecule has 0 amide bonds. The van der Waals surface area contributed by atoms with Crippen molar-refractivity contribution in [2.75, 3.05) is 13.7 Å². The lowest BCUT2D eigenvalue weighted by Gasteiger charge is -2.05. The molecular formula is C25H20O4. The number of hydrogen-bond acceptors (Lipinski definition) is 4. The Morgan fingerprint density at radius 3 is 2.55 bits per heavy atom. The number of carbonyl (C=O) groups excluding carboxylic acids is 1. The van der Waals surface area contributed by atoms with Crippen LogP contribution in [0.3, 0.4) is 0 Å². The highest BCUT2D eigenvalue weighted by Crippen LogP contribution is 2.35. The first kappa shape index (κ1) is 18.6. The van der Waals surface area contributed by atoms with E-state index < -0.39 is 0 Å². The maximum absolute atomic E-state index is 12.6. The van der Waals surface area contributed by atoms with E-state index in [0.717, 1.165) is 16.9 Å². The molecule has 0 aromatic heterocycles. The number of benzene rings is 3. The van der Waals surface area contributed by atoms with E-state index in [0.29, 0.717) is 23.7 Å². The van der Waals surface area contributed by atoms with Gasteiger partial charge in [0.25, 0.3) is 0 Å². The minimum atomic E-state index is -0.140. The maximum atomic E-state index is 12.6. The molecule has 0 saturated heterocycles. The van der Waals surface area contributed by atoms with Crippen molar-refractivity contribution >= 4 is 17.9 Å². The van der Waals surface area contributed by atoms with Crippen molar-refractivity contribution in [1.82, 2.24) is 0 Å². The molecule has 0 spiro atoms. The third-order valence-electron chi connectivity index (χ3n) is 4.49. The summed E-state index contributed by atoms with van der Waals surface area (Å²) in [6.07, 6.45) is 5.67. The average Bonchev–Trinajstić information content (AvgIpc) is 3.07. The van der Waals surface area contributed by atoms with Crippen LogP contribution in [-0.4, -0.2) is 19.5 Å². The Hall–Kier alpha value is -3.79. The SMILES string of the molecule is COc1cccc(/C=C2\Oc3cc(OC/C=C/c4ccccc4)ccc3C2=O)c1. The van der Waals surface area contributed by atoms with Gasteiger partial charge >= 0.3 is 0 Å². The molecule has 3 aromatic rings. The van der Waals surface area contributed by atoms with Gasteiger partial charge in [-0.15, -0.1) is 0 Å². The van der Waals surface area contributed by atoms with Gasteiger partial charge in [-0.3, -0.25) is 4.79 Å². The van der Waals surface area contributed by atoms with E-state index in [4.69, 9.17) is 14.2 Å². The highest BCUT2D eigenvalue weighted by Gasteiger charge is 2.27. The van der Waals surface area contributed by atoms with E-state index in [1.54, 1.807) is 31.4 Å². The number of Topliss-reactive ketones (excluding diaryl/α,β-unsaturated/α-hetero) is 1. The van der Waals surface area contributed by atoms with Crippen molar-refractivity contribution in [3.63, 3.8) is 0 Å². The van der Waals surface area contributed by atoms with Crippen LogP contribution in [0.2, 0.25) is 0 Å². The molecule has 29 heavy (non-hydrogen) atoms. The third kappa shape index (κ3) is 4.38. The Morgan fingerprint density at radius 1 is 0.897 bits per heavy atom. The number of rotatable bonds is 6. The van der Waals surface area contributed by atoms with Gasteiger partial charge in [0.15, 0.2) is 5.76 Å². The van der Waals surface area contributed by atoms with E-state index in [1.807, 2.05) is 66.7 Å². The van der Waals surface area contributed by atoms with Crippen LogP contribution in [0.15, 0.2) is 84.6 Å². The number of ketones is 1. The number of carbonyl (C=O) groups is 1. The fourth-order valence-electron chi connectivity index (χ4n) is 3.03. The van der Waals surface area contributed by atoms with Crippen molar-refractivity contribution in [1.29, 1.82) is 0 Å². The van der Waals surface area contributed by atoms with Crippen molar-refractivity contribution in [3.05, 3.63) is 101 Å². The Morgan fingerprint density at radius 2 is 1.72 bits per heavy atom. The fourth-order valence-corrected chi connectivity index (χ4v) is 3.03. The molecule has 0 saturated carbocycles. The van der Waals surface area contributed by atoms with Gasteiger partial charge in [0.05, 0.1) is 12.7 Å². The molecule has 4 nitrogen and oxygen atoms in total. The molecule has 0 radical (unpaired) electrons. The summed E-state index contributed by atoms with van der Waals surface area (Å²) in [6.45, 7) is 0.425. The Labute approximate surface area is 169 Å². The number of allylic oxidation sites excluding steroid dienone is 1. The predicted octanol–water partition coefficient (Wildman–Crippen LogP) is 5.40. The van der Waals surface area contributed by atoms with Gasteiger partial charge in [-0.1, -0.05) is 48.5 Å². The molecule has 0 atom stereocenters. The van der Waals surface area contributed by atoms with Crippen LogP contribution < -0.4 is 14.2 Å². The zero-order valence-electron chi connectivity index (χ0n) is 16.0. The summed E-state index contributed by atoms with van der Waals surface area (Å²) in [5.74, 6) is 2.03. The molecule has 1 heterocycles. The average molecular weight is 384 g/mol. The first-order valence-corrected chi connectivity index (χ1v) is 9.30. The molecule has 4 rings (SSSR count). The van der Waals surface area contributed by atoms with Crippen LogP contribution in [0.25, 0.3) is 12.2 Å². The molecule has 3 aromatic carbocycles. The van der Waals surface area contributed by atoms with Gasteiger partial charge in [0, 0.05) is 6.07 Å². The van der Waals surface area contributed by atoms with Gasteiger partial charge in [0.1, 0.15) is 23.9 Å². The van der Waals surface area contributed by atoms with Crippen LogP contribution in [0.4, 0.5) is 0 Å². The minimum Gasteiger partial charge on any atom is -0.497 e. The first-order chi connectivity index (χ1) is 14.2. The van der Waals surface area contributed by atoms with E-state index in [2.05, 4.69) is 0 Å². The largest absolute Gasteiger partial charge is 0.497 e. The van der Waals surface area contributed by atoms with Crippen molar-refractivity contribution in [2.24, 2.45) is 0 Å². The summed E-state index contributed by atoms with van der Waals surface area (Å²) < 4.78 is 16.8. The Balaban J connectivity index is 1.44. The molecule has 4 heteroatoms. The van der Waals surface area contributed by atoms with Gasteiger partial charge in [-0.25, -0.2) is 0 Å². The third-order valence-corrected chi connectivity index (χ3v) is 4.49. The van der Waals surface area contributed by atoms with E-state index in [1.165, 1.54) is 0 Å². The molecule has 0 bridgehead atoms. The first-order valence-electron chi connectivity index (χ1n) is 9.30. The van der Waals surface area contributed by atoms with Gasteiger partial charge in [0.2, 0.25) is 5.78 Å². The van der Waals surface area contributed by atoms with Crippen molar-refractivity contribution in [2.45, 2.75) is 0 Å². The van der Waals surface area contributed by atoms with Crippen molar-refractivity contribution in [3.8, 4) is 17.2 Å². The highest BCUT2D eigenvalue weighted by atomic mass is 16.5. The Kier molecular flexibility index (Phi) is 5.43. The smallest absolute Gasteiger partial charge is 0.231 e. The molecule has 1 aliphatic heterocycles. The second-order valence-electron chi connectivity index (χ2n) is 6.50. The van der Waals surface area contributed by atoms with Gasteiger partial charge in [-0.2, -0.15) is 0 Å². The zero-order chi connectivity index (χ0) is 20.1. The molecule has 1 aliphatic rings. The van der Waals surface area contributed by atoms with Crippen molar-refractivity contribution < 1.29 is 19.0 Å².